The third kappa shape index (κ3) is 5.60. The number of halogens is 2. The molecule has 2 aromatic carbocycles. The fourth-order valence-electron chi connectivity index (χ4n) is 5.61. The summed E-state index contributed by atoms with van der Waals surface area (Å²) in [4.78, 5) is 30.5. The molecule has 3 aliphatic rings. The third-order valence-electron chi connectivity index (χ3n) is 7.61. The first-order valence-electron chi connectivity index (χ1n) is 12.8. The SMILES string of the molecule is O=C(C1CCCC(C(=O)N2CCOC(c3ccc(F)cc3)C2)C1)N1CCOC(c2ccc(F)cc2)C1. The van der Waals surface area contributed by atoms with Crippen LogP contribution in [-0.2, 0) is 19.1 Å². The van der Waals surface area contributed by atoms with Crippen LogP contribution in [0, 0.1) is 23.5 Å². The zero-order chi connectivity index (χ0) is 25.1. The number of ether oxygens (including phenoxy) is 2. The number of carbonyl (C=O) groups is 2. The molecule has 0 N–H and O–H groups in total. The summed E-state index contributed by atoms with van der Waals surface area (Å²) in [5, 5.41) is 0. The minimum atomic E-state index is -0.301. The van der Waals surface area contributed by atoms with E-state index in [1.165, 1.54) is 24.3 Å². The molecule has 2 saturated heterocycles. The summed E-state index contributed by atoms with van der Waals surface area (Å²) >= 11 is 0. The van der Waals surface area contributed by atoms with E-state index >= 15 is 0 Å². The van der Waals surface area contributed by atoms with Crippen molar-refractivity contribution < 1.29 is 27.8 Å². The van der Waals surface area contributed by atoms with Crippen LogP contribution in [-0.4, -0.2) is 61.0 Å². The molecule has 3 fully saturated rings. The highest BCUT2D eigenvalue weighted by molar-refractivity contribution is 5.83. The first kappa shape index (κ1) is 24.8. The third-order valence-corrected chi connectivity index (χ3v) is 7.61. The number of nitrogens with zero attached hydrogens (tertiary/aromatic N) is 2. The first-order chi connectivity index (χ1) is 17.5. The van der Waals surface area contributed by atoms with Crippen LogP contribution >= 0.6 is 0 Å². The van der Waals surface area contributed by atoms with Crippen molar-refractivity contribution in [1.82, 2.24) is 9.80 Å². The monoisotopic (exact) mass is 498 g/mol. The summed E-state index contributed by atoms with van der Waals surface area (Å²) in [7, 11) is 0. The maximum absolute atomic E-state index is 13.4. The lowest BCUT2D eigenvalue weighted by molar-refractivity contribution is -0.149. The average Bonchev–Trinajstić information content (AvgIpc) is 2.93. The largest absolute Gasteiger partial charge is 0.370 e. The molecular weight excluding hydrogens is 466 g/mol. The van der Waals surface area contributed by atoms with Crippen LogP contribution in [0.1, 0.15) is 49.0 Å². The summed E-state index contributed by atoms with van der Waals surface area (Å²) in [6, 6.07) is 12.4. The lowest BCUT2D eigenvalue weighted by Crippen LogP contribution is -2.48. The molecule has 0 bridgehead atoms. The van der Waals surface area contributed by atoms with Crippen LogP contribution < -0.4 is 0 Å². The van der Waals surface area contributed by atoms with Crippen LogP contribution in [0.4, 0.5) is 8.78 Å². The van der Waals surface area contributed by atoms with Crippen molar-refractivity contribution in [1.29, 1.82) is 0 Å². The van der Waals surface area contributed by atoms with E-state index in [0.29, 0.717) is 45.8 Å². The molecule has 0 radical (unpaired) electrons. The van der Waals surface area contributed by atoms with Crippen molar-refractivity contribution in [2.75, 3.05) is 39.4 Å². The highest BCUT2D eigenvalue weighted by Crippen LogP contribution is 2.34. The molecule has 5 rings (SSSR count). The lowest BCUT2D eigenvalue weighted by Gasteiger charge is -2.39. The number of morpholine rings is 2. The number of amides is 2. The van der Waals surface area contributed by atoms with E-state index in [0.717, 1.165) is 30.4 Å². The molecule has 4 unspecified atom stereocenters. The number of benzene rings is 2. The summed E-state index contributed by atoms with van der Waals surface area (Å²) in [5.74, 6) is -0.820. The summed E-state index contributed by atoms with van der Waals surface area (Å²) in [6.45, 7) is 2.77. The number of carbonyl (C=O) groups excluding carboxylic acids is 2. The lowest BCUT2D eigenvalue weighted by atomic mass is 9.79. The molecular formula is C28H32F2N2O4. The summed E-state index contributed by atoms with van der Waals surface area (Å²) in [5.41, 5.74) is 1.71. The second kappa shape index (κ2) is 11.0. The predicted octanol–water partition coefficient (Wildman–Crippen LogP) is 4.27. The normalized spacial score (nSPS) is 27.1. The Hall–Kier alpha value is -2.84. The Morgan fingerprint density at radius 2 is 1.11 bits per heavy atom. The van der Waals surface area contributed by atoms with Crippen molar-refractivity contribution in [3.63, 3.8) is 0 Å². The molecule has 6 nitrogen and oxygen atoms in total. The maximum atomic E-state index is 13.4. The Labute approximate surface area is 210 Å². The highest BCUT2D eigenvalue weighted by Gasteiger charge is 2.38. The van der Waals surface area contributed by atoms with E-state index in [2.05, 4.69) is 0 Å². The van der Waals surface area contributed by atoms with Crippen molar-refractivity contribution in [3.8, 4) is 0 Å². The van der Waals surface area contributed by atoms with Crippen molar-refractivity contribution in [3.05, 3.63) is 71.3 Å². The molecule has 2 amide bonds. The molecule has 2 heterocycles. The zero-order valence-electron chi connectivity index (χ0n) is 20.3. The number of hydrogen-bond donors (Lipinski definition) is 0. The Balaban J connectivity index is 1.19. The van der Waals surface area contributed by atoms with E-state index in [4.69, 9.17) is 9.47 Å². The standard InChI is InChI=1S/C28H32F2N2O4/c29-23-8-4-19(5-9-23)25-17-31(12-14-35-25)27(33)21-2-1-3-22(16-21)28(34)32-13-15-36-26(18-32)20-6-10-24(30)11-7-20/h4-11,21-22,25-26H,1-3,12-18H2. The van der Waals surface area contributed by atoms with Gasteiger partial charge in [-0.3, -0.25) is 9.59 Å². The van der Waals surface area contributed by atoms with Gasteiger partial charge in [-0.05, 0) is 54.7 Å². The maximum Gasteiger partial charge on any atom is 0.225 e. The molecule has 0 aromatic heterocycles. The van der Waals surface area contributed by atoms with Crippen molar-refractivity contribution in [2.45, 2.75) is 37.9 Å². The summed E-state index contributed by atoms with van der Waals surface area (Å²) < 4.78 is 38.3. The van der Waals surface area contributed by atoms with Crippen LogP contribution in [0.5, 0.6) is 0 Å². The minimum absolute atomic E-state index is 0.0778. The van der Waals surface area contributed by atoms with Gasteiger partial charge in [-0.1, -0.05) is 30.7 Å². The van der Waals surface area contributed by atoms with Gasteiger partial charge in [-0.2, -0.15) is 0 Å². The van der Waals surface area contributed by atoms with E-state index in [1.807, 2.05) is 9.80 Å². The Kier molecular flexibility index (Phi) is 7.62. The average molecular weight is 499 g/mol. The van der Waals surface area contributed by atoms with Crippen LogP contribution in [0.15, 0.2) is 48.5 Å². The Morgan fingerprint density at radius 3 is 1.53 bits per heavy atom. The highest BCUT2D eigenvalue weighted by atomic mass is 19.1. The zero-order valence-corrected chi connectivity index (χ0v) is 20.3. The fourth-order valence-corrected chi connectivity index (χ4v) is 5.61. The first-order valence-corrected chi connectivity index (χ1v) is 12.8. The van der Waals surface area contributed by atoms with E-state index in [1.54, 1.807) is 24.3 Å². The van der Waals surface area contributed by atoms with Gasteiger partial charge in [0.2, 0.25) is 11.8 Å². The van der Waals surface area contributed by atoms with Crippen LogP contribution in [0.3, 0.4) is 0 Å². The van der Waals surface area contributed by atoms with Gasteiger partial charge in [0.15, 0.2) is 0 Å². The fraction of sp³-hybridized carbons (Fsp3) is 0.500. The van der Waals surface area contributed by atoms with Crippen LogP contribution in [0.25, 0.3) is 0 Å². The molecule has 2 aromatic rings. The molecule has 8 heteroatoms. The predicted molar refractivity (Wildman–Crippen MR) is 129 cm³/mol. The van der Waals surface area contributed by atoms with Gasteiger partial charge >= 0.3 is 0 Å². The topological polar surface area (TPSA) is 59.1 Å². The molecule has 2 aliphatic heterocycles. The minimum Gasteiger partial charge on any atom is -0.370 e. The molecule has 36 heavy (non-hydrogen) atoms. The van der Waals surface area contributed by atoms with Gasteiger partial charge in [-0.15, -0.1) is 0 Å². The van der Waals surface area contributed by atoms with E-state index in [-0.39, 0.29) is 47.5 Å². The second-order valence-electron chi connectivity index (χ2n) is 9.95. The van der Waals surface area contributed by atoms with Gasteiger partial charge in [0, 0.05) is 24.9 Å². The van der Waals surface area contributed by atoms with Gasteiger partial charge in [-0.25, -0.2) is 8.78 Å². The van der Waals surface area contributed by atoms with Crippen molar-refractivity contribution in [2.24, 2.45) is 11.8 Å². The number of rotatable bonds is 4. The number of hydrogen-bond acceptors (Lipinski definition) is 4. The van der Waals surface area contributed by atoms with Gasteiger partial charge < -0.3 is 19.3 Å². The Bertz CT molecular complexity index is 979. The van der Waals surface area contributed by atoms with Crippen molar-refractivity contribution >= 4 is 11.8 Å². The molecule has 4 atom stereocenters. The molecule has 1 aliphatic carbocycles. The van der Waals surface area contributed by atoms with Gasteiger partial charge in [0.05, 0.1) is 26.3 Å². The van der Waals surface area contributed by atoms with Gasteiger partial charge in [0.25, 0.3) is 0 Å². The smallest absolute Gasteiger partial charge is 0.225 e. The van der Waals surface area contributed by atoms with E-state index in [9.17, 15) is 18.4 Å². The summed E-state index contributed by atoms with van der Waals surface area (Å²) in [6.07, 6.45) is 2.39. The molecule has 1 saturated carbocycles. The second-order valence-corrected chi connectivity index (χ2v) is 9.95. The quantitative estimate of drug-likeness (QED) is 0.632. The molecule has 0 spiro atoms. The van der Waals surface area contributed by atoms with E-state index < -0.39 is 0 Å². The molecule has 192 valence electrons. The van der Waals surface area contributed by atoms with Crippen LogP contribution in [0.2, 0.25) is 0 Å². The Morgan fingerprint density at radius 1 is 0.694 bits per heavy atom. The van der Waals surface area contributed by atoms with Gasteiger partial charge in [0.1, 0.15) is 23.8 Å².